The number of aliphatic imine (C=N–C) groups is 1. The van der Waals surface area contributed by atoms with Crippen molar-refractivity contribution in [3.05, 3.63) is 15.6 Å². The van der Waals surface area contributed by atoms with Gasteiger partial charge < -0.3 is 15.0 Å². The maximum Gasteiger partial charge on any atom is 0.311 e. The van der Waals surface area contributed by atoms with Crippen LogP contribution in [0.3, 0.4) is 0 Å². The van der Waals surface area contributed by atoms with Crippen LogP contribution in [0.5, 0.6) is 0 Å². The number of esters is 1. The van der Waals surface area contributed by atoms with Crippen LogP contribution in [0.25, 0.3) is 0 Å². The SMILES string of the molecule is CN=C(NCc1nc(C)c(C)s1)N1CCC(C(=O)OC(C)(C)C)C1.I. The van der Waals surface area contributed by atoms with Gasteiger partial charge in [0.05, 0.1) is 18.2 Å². The minimum absolute atomic E-state index is 0. The summed E-state index contributed by atoms with van der Waals surface area (Å²) in [5, 5.41) is 4.40. The number of halogens is 1. The van der Waals surface area contributed by atoms with E-state index in [1.54, 1.807) is 18.4 Å². The fraction of sp³-hybridized carbons (Fsp3) is 0.706. The van der Waals surface area contributed by atoms with Crippen LogP contribution in [0.4, 0.5) is 0 Å². The highest BCUT2D eigenvalue weighted by molar-refractivity contribution is 14.0. The molecule has 0 spiro atoms. The van der Waals surface area contributed by atoms with E-state index in [2.05, 4.69) is 27.1 Å². The highest BCUT2D eigenvalue weighted by Gasteiger charge is 2.33. The van der Waals surface area contributed by atoms with Crippen molar-refractivity contribution in [2.75, 3.05) is 20.1 Å². The van der Waals surface area contributed by atoms with Gasteiger partial charge in [-0.05, 0) is 41.0 Å². The largest absolute Gasteiger partial charge is 0.460 e. The first-order valence-electron chi connectivity index (χ1n) is 8.31. The number of nitrogens with one attached hydrogen (secondary N) is 1. The summed E-state index contributed by atoms with van der Waals surface area (Å²) in [5.74, 6) is 0.602. The van der Waals surface area contributed by atoms with E-state index in [9.17, 15) is 4.79 Å². The third kappa shape index (κ3) is 6.40. The lowest BCUT2D eigenvalue weighted by Crippen LogP contribution is -2.40. The number of likely N-dealkylation sites (tertiary alicyclic amines) is 1. The first-order chi connectivity index (χ1) is 11.2. The van der Waals surface area contributed by atoms with E-state index in [4.69, 9.17) is 4.74 Å². The predicted molar refractivity (Wildman–Crippen MR) is 113 cm³/mol. The second-order valence-corrected chi connectivity index (χ2v) is 8.40. The molecule has 0 bridgehead atoms. The number of carbonyl (C=O) groups excluding carboxylic acids is 1. The molecule has 6 nitrogen and oxygen atoms in total. The van der Waals surface area contributed by atoms with E-state index < -0.39 is 5.60 Å². The van der Waals surface area contributed by atoms with Crippen molar-refractivity contribution in [2.45, 2.75) is 53.2 Å². The van der Waals surface area contributed by atoms with Crippen LogP contribution in [-0.2, 0) is 16.1 Å². The minimum atomic E-state index is -0.439. The molecule has 2 heterocycles. The van der Waals surface area contributed by atoms with E-state index in [0.717, 1.165) is 29.6 Å². The van der Waals surface area contributed by atoms with E-state index in [-0.39, 0.29) is 35.9 Å². The van der Waals surface area contributed by atoms with Crippen LogP contribution >= 0.6 is 35.3 Å². The number of ether oxygens (including phenoxy) is 1. The molecule has 1 aromatic heterocycles. The highest BCUT2D eigenvalue weighted by atomic mass is 127. The standard InChI is InChI=1S/C17H28N4O2S.HI/c1-11-12(2)24-14(20-11)9-19-16(18-6)21-8-7-13(10-21)15(22)23-17(3,4)5;/h13H,7-10H2,1-6H3,(H,18,19);1H. The van der Waals surface area contributed by atoms with Gasteiger partial charge in [0, 0.05) is 25.0 Å². The van der Waals surface area contributed by atoms with Crippen LogP contribution in [-0.4, -0.2) is 47.6 Å². The van der Waals surface area contributed by atoms with Crippen molar-refractivity contribution in [3.63, 3.8) is 0 Å². The van der Waals surface area contributed by atoms with Crippen LogP contribution < -0.4 is 5.32 Å². The monoisotopic (exact) mass is 480 g/mol. The van der Waals surface area contributed by atoms with Crippen molar-refractivity contribution >= 4 is 47.2 Å². The Morgan fingerprint density at radius 1 is 1.44 bits per heavy atom. The molecule has 1 fully saturated rings. The molecule has 25 heavy (non-hydrogen) atoms. The van der Waals surface area contributed by atoms with Gasteiger partial charge in [-0.2, -0.15) is 0 Å². The van der Waals surface area contributed by atoms with Crippen molar-refractivity contribution in [1.82, 2.24) is 15.2 Å². The maximum atomic E-state index is 12.2. The van der Waals surface area contributed by atoms with E-state index in [0.29, 0.717) is 13.1 Å². The minimum Gasteiger partial charge on any atom is -0.460 e. The van der Waals surface area contributed by atoms with Crippen molar-refractivity contribution in [2.24, 2.45) is 10.9 Å². The lowest BCUT2D eigenvalue weighted by molar-refractivity contribution is -0.159. The van der Waals surface area contributed by atoms with Crippen LogP contribution in [0, 0.1) is 19.8 Å². The number of hydrogen-bond donors (Lipinski definition) is 1. The molecule has 0 amide bonds. The van der Waals surface area contributed by atoms with Gasteiger partial charge >= 0.3 is 5.97 Å². The van der Waals surface area contributed by atoms with Gasteiger partial charge in [0.15, 0.2) is 5.96 Å². The summed E-state index contributed by atoms with van der Waals surface area (Å²) in [6, 6.07) is 0. The summed E-state index contributed by atoms with van der Waals surface area (Å²) in [6.45, 7) is 11.9. The Morgan fingerprint density at radius 2 is 2.12 bits per heavy atom. The zero-order chi connectivity index (χ0) is 17.9. The van der Waals surface area contributed by atoms with Crippen LogP contribution in [0.15, 0.2) is 4.99 Å². The smallest absolute Gasteiger partial charge is 0.311 e. The molecule has 142 valence electrons. The Balaban J connectivity index is 0.00000312. The van der Waals surface area contributed by atoms with Gasteiger partial charge in [0.1, 0.15) is 10.6 Å². The Bertz CT molecular complexity index is 605. The lowest BCUT2D eigenvalue weighted by atomic mass is 10.1. The fourth-order valence-electron chi connectivity index (χ4n) is 2.63. The fourth-order valence-corrected chi connectivity index (χ4v) is 3.51. The molecule has 1 aliphatic heterocycles. The second kappa shape index (κ2) is 9.16. The van der Waals surface area contributed by atoms with Gasteiger partial charge in [0.2, 0.25) is 0 Å². The normalized spacial score (nSPS) is 18.1. The zero-order valence-electron chi connectivity index (χ0n) is 15.9. The number of guanidine groups is 1. The molecule has 0 radical (unpaired) electrons. The number of aryl methyl sites for hydroxylation is 2. The molecular weight excluding hydrogens is 451 g/mol. The molecule has 1 atom stereocenters. The van der Waals surface area contributed by atoms with Crippen molar-refractivity contribution in [3.8, 4) is 0 Å². The van der Waals surface area contributed by atoms with Crippen LogP contribution in [0.2, 0.25) is 0 Å². The Hall–Kier alpha value is -0.900. The predicted octanol–water partition coefficient (Wildman–Crippen LogP) is 3.12. The van der Waals surface area contributed by atoms with E-state index in [1.807, 2.05) is 27.7 Å². The molecule has 1 aromatic rings. The van der Waals surface area contributed by atoms with Crippen molar-refractivity contribution in [1.29, 1.82) is 0 Å². The number of nitrogens with zero attached hydrogens (tertiary/aromatic N) is 3. The van der Waals surface area contributed by atoms with Gasteiger partial charge in [-0.25, -0.2) is 4.98 Å². The molecule has 1 unspecified atom stereocenters. The average Bonchev–Trinajstić information content (AvgIpc) is 3.06. The van der Waals surface area contributed by atoms with Gasteiger partial charge in [-0.1, -0.05) is 0 Å². The number of rotatable bonds is 3. The Kier molecular flexibility index (Phi) is 8.11. The third-order valence-electron chi connectivity index (χ3n) is 3.91. The highest BCUT2D eigenvalue weighted by Crippen LogP contribution is 2.21. The van der Waals surface area contributed by atoms with E-state index in [1.165, 1.54) is 4.88 Å². The number of aromatic nitrogens is 1. The molecule has 0 saturated carbocycles. The number of carbonyl (C=O) groups is 1. The van der Waals surface area contributed by atoms with Gasteiger partial charge in [-0.3, -0.25) is 9.79 Å². The maximum absolute atomic E-state index is 12.2. The summed E-state index contributed by atoms with van der Waals surface area (Å²) in [4.78, 5) is 24.4. The lowest BCUT2D eigenvalue weighted by Gasteiger charge is -2.23. The molecule has 0 aromatic carbocycles. The molecule has 1 aliphatic rings. The number of hydrogen-bond acceptors (Lipinski definition) is 5. The first kappa shape index (κ1) is 22.1. The summed E-state index contributed by atoms with van der Waals surface area (Å²) < 4.78 is 5.49. The summed E-state index contributed by atoms with van der Waals surface area (Å²) in [5.41, 5.74) is 0.642. The Labute approximate surface area is 171 Å². The molecule has 1 saturated heterocycles. The quantitative estimate of drug-likeness (QED) is 0.312. The molecule has 2 rings (SSSR count). The zero-order valence-corrected chi connectivity index (χ0v) is 19.0. The molecule has 1 N–H and O–H groups in total. The average molecular weight is 480 g/mol. The topological polar surface area (TPSA) is 66.8 Å². The molecule has 0 aliphatic carbocycles. The van der Waals surface area contributed by atoms with Crippen LogP contribution in [0.1, 0.15) is 42.8 Å². The third-order valence-corrected chi connectivity index (χ3v) is 4.98. The summed E-state index contributed by atoms with van der Waals surface area (Å²) in [6.07, 6.45) is 0.797. The summed E-state index contributed by atoms with van der Waals surface area (Å²) >= 11 is 1.70. The first-order valence-corrected chi connectivity index (χ1v) is 9.12. The molecule has 8 heteroatoms. The van der Waals surface area contributed by atoms with Crippen molar-refractivity contribution < 1.29 is 9.53 Å². The second-order valence-electron chi connectivity index (χ2n) is 7.12. The van der Waals surface area contributed by atoms with E-state index >= 15 is 0 Å². The number of thiazole rings is 1. The van der Waals surface area contributed by atoms with Gasteiger partial charge in [-0.15, -0.1) is 35.3 Å². The molecular formula is C17H29IN4O2S. The summed E-state index contributed by atoms with van der Waals surface area (Å²) in [7, 11) is 1.77. The van der Waals surface area contributed by atoms with Gasteiger partial charge in [0.25, 0.3) is 0 Å². The Morgan fingerprint density at radius 3 is 2.64 bits per heavy atom.